The molecule has 116 valence electrons. The summed E-state index contributed by atoms with van der Waals surface area (Å²) in [6.07, 6.45) is 1.61. The zero-order valence-electron chi connectivity index (χ0n) is 12.7. The zero-order chi connectivity index (χ0) is 15.8. The second-order valence-electron chi connectivity index (χ2n) is 5.54. The molecule has 1 aliphatic rings. The van der Waals surface area contributed by atoms with E-state index in [1.54, 1.807) is 18.5 Å². The summed E-state index contributed by atoms with van der Waals surface area (Å²) in [5.41, 5.74) is 4.01. The van der Waals surface area contributed by atoms with Crippen molar-refractivity contribution in [1.29, 1.82) is 0 Å². The SMILES string of the molecule is CN1CCOc2cc(NC(=O)c3ccc4nc[nH]c4c3)ccc21. The number of aromatic nitrogens is 2. The first-order valence-corrected chi connectivity index (χ1v) is 7.43. The van der Waals surface area contributed by atoms with Gasteiger partial charge in [-0.1, -0.05) is 0 Å². The molecule has 0 unspecified atom stereocenters. The van der Waals surface area contributed by atoms with E-state index in [0.29, 0.717) is 17.9 Å². The first-order chi connectivity index (χ1) is 11.2. The fourth-order valence-corrected chi connectivity index (χ4v) is 2.72. The largest absolute Gasteiger partial charge is 0.489 e. The number of H-pyrrole nitrogens is 1. The van der Waals surface area contributed by atoms with E-state index in [-0.39, 0.29) is 5.91 Å². The summed E-state index contributed by atoms with van der Waals surface area (Å²) in [6, 6.07) is 11.1. The zero-order valence-corrected chi connectivity index (χ0v) is 12.7. The van der Waals surface area contributed by atoms with E-state index < -0.39 is 0 Å². The van der Waals surface area contributed by atoms with Gasteiger partial charge in [-0.25, -0.2) is 4.98 Å². The Hall–Kier alpha value is -3.02. The number of nitrogens with zero attached hydrogens (tertiary/aromatic N) is 2. The van der Waals surface area contributed by atoms with Gasteiger partial charge >= 0.3 is 0 Å². The molecule has 0 spiro atoms. The second-order valence-corrected chi connectivity index (χ2v) is 5.54. The first kappa shape index (κ1) is 13.6. The van der Waals surface area contributed by atoms with Crippen LogP contribution in [0.5, 0.6) is 5.75 Å². The van der Waals surface area contributed by atoms with E-state index >= 15 is 0 Å². The first-order valence-electron chi connectivity index (χ1n) is 7.43. The average Bonchev–Trinajstić information content (AvgIpc) is 3.02. The van der Waals surface area contributed by atoms with Gasteiger partial charge in [-0.15, -0.1) is 0 Å². The molecule has 2 N–H and O–H groups in total. The Balaban J connectivity index is 1.58. The molecule has 0 bridgehead atoms. The van der Waals surface area contributed by atoms with Crippen LogP contribution in [0.4, 0.5) is 11.4 Å². The van der Waals surface area contributed by atoms with Crippen LogP contribution in [0.25, 0.3) is 11.0 Å². The number of fused-ring (bicyclic) bond motifs is 2. The maximum Gasteiger partial charge on any atom is 0.255 e. The number of anilines is 2. The highest BCUT2D eigenvalue weighted by atomic mass is 16.5. The summed E-state index contributed by atoms with van der Waals surface area (Å²) >= 11 is 0. The van der Waals surface area contributed by atoms with Crippen molar-refractivity contribution in [3.05, 3.63) is 48.3 Å². The highest BCUT2D eigenvalue weighted by Gasteiger charge is 2.16. The van der Waals surface area contributed by atoms with Crippen LogP contribution < -0.4 is 15.0 Å². The number of hydrogen-bond acceptors (Lipinski definition) is 4. The van der Waals surface area contributed by atoms with Crippen LogP contribution in [0.2, 0.25) is 0 Å². The van der Waals surface area contributed by atoms with Crippen LogP contribution in [0.3, 0.4) is 0 Å². The smallest absolute Gasteiger partial charge is 0.255 e. The van der Waals surface area contributed by atoms with E-state index in [2.05, 4.69) is 20.2 Å². The lowest BCUT2D eigenvalue weighted by atomic mass is 10.1. The molecule has 4 rings (SSSR count). The van der Waals surface area contributed by atoms with Gasteiger partial charge in [-0.2, -0.15) is 0 Å². The number of benzene rings is 2. The van der Waals surface area contributed by atoms with Gasteiger partial charge in [0.15, 0.2) is 0 Å². The molecule has 1 amide bonds. The molecule has 0 fully saturated rings. The van der Waals surface area contributed by atoms with Crippen molar-refractivity contribution in [3.8, 4) is 5.75 Å². The summed E-state index contributed by atoms with van der Waals surface area (Å²) in [5, 5.41) is 2.91. The fourth-order valence-electron chi connectivity index (χ4n) is 2.72. The summed E-state index contributed by atoms with van der Waals surface area (Å²) in [5.74, 6) is 0.631. The third kappa shape index (κ3) is 2.48. The van der Waals surface area contributed by atoms with Crippen LogP contribution in [0.15, 0.2) is 42.7 Å². The topological polar surface area (TPSA) is 70.2 Å². The lowest BCUT2D eigenvalue weighted by Crippen LogP contribution is -2.28. The summed E-state index contributed by atoms with van der Waals surface area (Å²) in [6.45, 7) is 1.51. The molecule has 2 aromatic carbocycles. The van der Waals surface area contributed by atoms with Gasteiger partial charge in [-0.3, -0.25) is 4.79 Å². The molecular formula is C17H16N4O2. The van der Waals surface area contributed by atoms with Crippen LogP contribution in [-0.4, -0.2) is 36.1 Å². The number of rotatable bonds is 2. The summed E-state index contributed by atoms with van der Waals surface area (Å²) in [4.78, 5) is 21.7. The standard InChI is InChI=1S/C17H16N4O2/c1-21-6-7-23-16-9-12(3-5-15(16)21)20-17(22)11-2-4-13-14(8-11)19-10-18-13/h2-5,8-10H,6-7H2,1H3,(H,18,19)(H,20,22). The van der Waals surface area contributed by atoms with Gasteiger partial charge in [0.25, 0.3) is 5.91 Å². The minimum atomic E-state index is -0.161. The molecular weight excluding hydrogens is 292 g/mol. The van der Waals surface area contributed by atoms with E-state index in [9.17, 15) is 4.79 Å². The normalized spacial score (nSPS) is 13.5. The Kier molecular flexibility index (Phi) is 3.15. The highest BCUT2D eigenvalue weighted by molar-refractivity contribution is 6.06. The van der Waals surface area contributed by atoms with Crippen molar-refractivity contribution >= 4 is 28.3 Å². The molecule has 6 heteroatoms. The lowest BCUT2D eigenvalue weighted by Gasteiger charge is -2.27. The number of likely N-dealkylation sites (N-methyl/N-ethyl adjacent to an activating group) is 1. The quantitative estimate of drug-likeness (QED) is 0.763. The number of carbonyl (C=O) groups excluding carboxylic acids is 1. The Morgan fingerprint density at radius 3 is 3.13 bits per heavy atom. The Bertz CT molecular complexity index is 887. The Morgan fingerprint density at radius 1 is 1.30 bits per heavy atom. The lowest BCUT2D eigenvalue weighted by molar-refractivity contribution is 0.102. The maximum atomic E-state index is 12.4. The molecule has 23 heavy (non-hydrogen) atoms. The molecule has 0 saturated heterocycles. The highest BCUT2D eigenvalue weighted by Crippen LogP contribution is 2.33. The van der Waals surface area contributed by atoms with Crippen LogP contribution in [-0.2, 0) is 0 Å². The Labute approximate surface area is 133 Å². The van der Waals surface area contributed by atoms with Crippen LogP contribution in [0.1, 0.15) is 10.4 Å². The fraction of sp³-hybridized carbons (Fsp3) is 0.176. The third-order valence-corrected chi connectivity index (χ3v) is 4.00. The number of hydrogen-bond donors (Lipinski definition) is 2. The minimum Gasteiger partial charge on any atom is -0.489 e. The van der Waals surface area contributed by atoms with E-state index in [1.165, 1.54) is 0 Å². The average molecular weight is 308 g/mol. The van der Waals surface area contributed by atoms with E-state index in [4.69, 9.17) is 4.74 Å². The van der Waals surface area contributed by atoms with Gasteiger partial charge in [0.2, 0.25) is 0 Å². The monoisotopic (exact) mass is 308 g/mol. The molecule has 0 aliphatic carbocycles. The number of amides is 1. The van der Waals surface area contributed by atoms with Crippen LogP contribution in [0, 0.1) is 0 Å². The summed E-state index contributed by atoms with van der Waals surface area (Å²) in [7, 11) is 2.03. The predicted octanol–water partition coefficient (Wildman–Crippen LogP) is 2.64. The predicted molar refractivity (Wildman–Crippen MR) is 89.3 cm³/mol. The van der Waals surface area contributed by atoms with Gasteiger partial charge in [0.1, 0.15) is 12.4 Å². The van der Waals surface area contributed by atoms with Gasteiger partial charge in [0, 0.05) is 24.4 Å². The van der Waals surface area contributed by atoms with Crippen molar-refractivity contribution in [2.45, 2.75) is 0 Å². The van der Waals surface area contributed by atoms with E-state index in [0.717, 1.165) is 29.0 Å². The molecule has 0 radical (unpaired) electrons. The van der Waals surface area contributed by atoms with E-state index in [1.807, 2.05) is 31.3 Å². The van der Waals surface area contributed by atoms with Crippen molar-refractivity contribution in [1.82, 2.24) is 9.97 Å². The molecule has 0 saturated carbocycles. The molecule has 2 heterocycles. The molecule has 6 nitrogen and oxygen atoms in total. The second kappa shape index (κ2) is 5.31. The number of aromatic amines is 1. The van der Waals surface area contributed by atoms with Gasteiger partial charge in [-0.05, 0) is 30.3 Å². The minimum absolute atomic E-state index is 0.161. The van der Waals surface area contributed by atoms with Crippen molar-refractivity contribution in [2.75, 3.05) is 30.4 Å². The number of ether oxygens (including phenoxy) is 1. The molecule has 0 atom stereocenters. The van der Waals surface area contributed by atoms with Gasteiger partial charge in [0.05, 0.1) is 29.6 Å². The molecule has 1 aromatic heterocycles. The molecule has 3 aromatic rings. The number of carbonyl (C=O) groups is 1. The number of imidazole rings is 1. The van der Waals surface area contributed by atoms with Crippen molar-refractivity contribution in [3.63, 3.8) is 0 Å². The Morgan fingerprint density at radius 2 is 2.22 bits per heavy atom. The number of nitrogens with one attached hydrogen (secondary N) is 2. The maximum absolute atomic E-state index is 12.4. The third-order valence-electron chi connectivity index (χ3n) is 4.00. The van der Waals surface area contributed by atoms with Crippen LogP contribution >= 0.6 is 0 Å². The van der Waals surface area contributed by atoms with Crippen molar-refractivity contribution < 1.29 is 9.53 Å². The summed E-state index contributed by atoms with van der Waals surface area (Å²) < 4.78 is 5.66. The van der Waals surface area contributed by atoms with Crippen molar-refractivity contribution in [2.24, 2.45) is 0 Å². The molecule has 1 aliphatic heterocycles. The van der Waals surface area contributed by atoms with Gasteiger partial charge < -0.3 is 19.9 Å².